The summed E-state index contributed by atoms with van der Waals surface area (Å²) in [6.07, 6.45) is -9.65. The molecule has 2 aromatic rings. The molecular formula is C33H40O13. The van der Waals surface area contributed by atoms with Gasteiger partial charge in [0.15, 0.2) is 30.9 Å². The second-order valence-corrected chi connectivity index (χ2v) is 10.6. The molecule has 0 N–H and O–H groups in total. The van der Waals surface area contributed by atoms with Gasteiger partial charge in [0.05, 0.1) is 19.3 Å². The molecule has 0 amide bonds. The molecule has 1 heterocycles. The van der Waals surface area contributed by atoms with Gasteiger partial charge in [0, 0.05) is 27.7 Å². The van der Waals surface area contributed by atoms with Crippen LogP contribution in [-0.4, -0.2) is 85.8 Å². The minimum atomic E-state index is -1.50. The molecule has 1 saturated heterocycles. The Hall–Kier alpha value is -4.17. The van der Waals surface area contributed by atoms with E-state index in [-0.39, 0.29) is 19.8 Å². The summed E-state index contributed by atoms with van der Waals surface area (Å²) in [5, 5.41) is 0. The van der Waals surface area contributed by atoms with Crippen LogP contribution in [0.3, 0.4) is 0 Å². The minimum Gasteiger partial charge on any atom is -0.463 e. The lowest BCUT2D eigenvalue weighted by Crippen LogP contribution is -2.62. The van der Waals surface area contributed by atoms with Crippen LogP contribution in [0.4, 0.5) is 0 Å². The van der Waals surface area contributed by atoms with Gasteiger partial charge in [-0.2, -0.15) is 0 Å². The molecular weight excluding hydrogens is 604 g/mol. The molecule has 8 atom stereocenters. The summed E-state index contributed by atoms with van der Waals surface area (Å²) in [4.78, 5) is 60.7. The predicted octanol–water partition coefficient (Wildman–Crippen LogP) is 2.84. The Morgan fingerprint density at radius 1 is 0.717 bits per heavy atom. The highest BCUT2D eigenvalue weighted by Gasteiger charge is 2.52. The third-order valence-electron chi connectivity index (χ3n) is 6.79. The SMILES string of the molecule is CC(=O)OC[C@H](OCc1ccccc1)[C@H](OCc1ccccc1)[C@H](C=O)O[C@@H]1O[C@@H](C)[C@H](OC(C)=O)[C@@H](OC(C)=O)[C@H]1OC(C)=O. The average Bonchev–Trinajstić information content (AvgIpc) is 3.01. The van der Waals surface area contributed by atoms with E-state index in [2.05, 4.69) is 0 Å². The molecule has 0 aromatic heterocycles. The predicted molar refractivity (Wildman–Crippen MR) is 159 cm³/mol. The van der Waals surface area contributed by atoms with Crippen LogP contribution in [0.2, 0.25) is 0 Å². The molecule has 0 spiro atoms. The van der Waals surface area contributed by atoms with Crippen molar-refractivity contribution in [1.29, 1.82) is 0 Å². The standard InChI is InChI=1S/C33H40O13/c1-20-29(43-22(3)36)31(44-23(4)37)32(45-24(5)38)33(42-20)46-27(16-34)30(41-18-26-14-10-7-11-15-26)28(19-39-21(2)35)40-17-25-12-8-6-9-13-25/h6-16,20,27-33H,17-19H2,1-5H3/t20-,27-,28-,29-,30+,31+,32+,33-/m0/s1. The molecule has 3 rings (SSSR count). The van der Waals surface area contributed by atoms with E-state index in [4.69, 9.17) is 37.9 Å². The number of hydrogen-bond acceptors (Lipinski definition) is 13. The van der Waals surface area contributed by atoms with E-state index in [1.54, 1.807) is 0 Å². The second-order valence-electron chi connectivity index (χ2n) is 10.6. The van der Waals surface area contributed by atoms with Crippen LogP contribution in [0, 0.1) is 0 Å². The first-order chi connectivity index (χ1) is 22.0. The summed E-state index contributed by atoms with van der Waals surface area (Å²) >= 11 is 0. The summed E-state index contributed by atoms with van der Waals surface area (Å²) in [6.45, 7) is 5.99. The fourth-order valence-electron chi connectivity index (χ4n) is 4.82. The van der Waals surface area contributed by atoms with Crippen molar-refractivity contribution >= 4 is 30.2 Å². The van der Waals surface area contributed by atoms with E-state index in [0.29, 0.717) is 6.29 Å². The Kier molecular flexibility index (Phi) is 14.3. The number of ether oxygens (including phenoxy) is 8. The van der Waals surface area contributed by atoms with Crippen LogP contribution in [-0.2, 0) is 75.1 Å². The Balaban J connectivity index is 1.98. The first-order valence-corrected chi connectivity index (χ1v) is 14.7. The highest BCUT2D eigenvalue weighted by atomic mass is 16.7. The Morgan fingerprint density at radius 3 is 1.72 bits per heavy atom. The number of carbonyl (C=O) groups is 5. The van der Waals surface area contributed by atoms with Gasteiger partial charge in [0.2, 0.25) is 0 Å². The van der Waals surface area contributed by atoms with Crippen molar-refractivity contribution in [3.05, 3.63) is 71.8 Å². The van der Waals surface area contributed by atoms with Crippen molar-refractivity contribution in [3.63, 3.8) is 0 Å². The average molecular weight is 645 g/mol. The van der Waals surface area contributed by atoms with Crippen LogP contribution in [0.15, 0.2) is 60.7 Å². The van der Waals surface area contributed by atoms with Crippen LogP contribution in [0.1, 0.15) is 45.7 Å². The first kappa shape index (κ1) is 36.3. The normalized spacial score (nSPS) is 22.8. The molecule has 1 aliphatic heterocycles. The quantitative estimate of drug-likeness (QED) is 0.149. The van der Waals surface area contributed by atoms with Gasteiger partial charge in [0.25, 0.3) is 0 Å². The van der Waals surface area contributed by atoms with Gasteiger partial charge in [0.1, 0.15) is 24.9 Å². The maximum Gasteiger partial charge on any atom is 0.303 e. The fourth-order valence-corrected chi connectivity index (χ4v) is 4.82. The largest absolute Gasteiger partial charge is 0.463 e. The molecule has 0 saturated carbocycles. The summed E-state index contributed by atoms with van der Waals surface area (Å²) in [7, 11) is 0. The molecule has 13 heteroatoms. The van der Waals surface area contributed by atoms with E-state index in [1.165, 1.54) is 13.8 Å². The van der Waals surface area contributed by atoms with Crippen molar-refractivity contribution in [2.24, 2.45) is 0 Å². The topological polar surface area (TPSA) is 159 Å². The molecule has 13 nitrogen and oxygen atoms in total. The Bertz CT molecular complexity index is 1280. The molecule has 2 aromatic carbocycles. The third kappa shape index (κ3) is 11.3. The van der Waals surface area contributed by atoms with Crippen molar-refractivity contribution in [2.75, 3.05) is 6.61 Å². The van der Waals surface area contributed by atoms with Gasteiger partial charge < -0.3 is 42.7 Å². The van der Waals surface area contributed by atoms with Crippen molar-refractivity contribution in [3.8, 4) is 0 Å². The summed E-state index contributed by atoms with van der Waals surface area (Å²) in [6, 6.07) is 18.3. The zero-order valence-electron chi connectivity index (χ0n) is 26.4. The van der Waals surface area contributed by atoms with Gasteiger partial charge in [-0.3, -0.25) is 19.2 Å². The van der Waals surface area contributed by atoms with Crippen molar-refractivity contribution in [2.45, 2.75) is 96.9 Å². The number of hydrogen-bond donors (Lipinski definition) is 0. The van der Waals surface area contributed by atoms with Crippen LogP contribution >= 0.6 is 0 Å². The first-order valence-electron chi connectivity index (χ1n) is 14.7. The molecule has 0 radical (unpaired) electrons. The number of esters is 4. The van der Waals surface area contributed by atoms with E-state index >= 15 is 0 Å². The lowest BCUT2D eigenvalue weighted by atomic mass is 9.98. The van der Waals surface area contributed by atoms with Gasteiger partial charge in [-0.05, 0) is 18.1 Å². The highest BCUT2D eigenvalue weighted by molar-refractivity contribution is 5.68. The number of rotatable bonds is 16. The summed E-state index contributed by atoms with van der Waals surface area (Å²) in [5.41, 5.74) is 1.58. The highest BCUT2D eigenvalue weighted by Crippen LogP contribution is 2.31. The lowest BCUT2D eigenvalue weighted by Gasteiger charge is -2.44. The molecule has 250 valence electrons. The maximum absolute atomic E-state index is 12.7. The third-order valence-corrected chi connectivity index (χ3v) is 6.79. The molecule has 46 heavy (non-hydrogen) atoms. The lowest BCUT2D eigenvalue weighted by molar-refractivity contribution is -0.315. The molecule has 1 aliphatic rings. The van der Waals surface area contributed by atoms with E-state index in [1.807, 2.05) is 60.7 Å². The molecule has 0 aliphatic carbocycles. The van der Waals surface area contributed by atoms with Crippen molar-refractivity contribution < 1.29 is 61.9 Å². The molecule has 1 fully saturated rings. The van der Waals surface area contributed by atoms with Crippen molar-refractivity contribution in [1.82, 2.24) is 0 Å². The summed E-state index contributed by atoms with van der Waals surface area (Å²) < 4.78 is 46.0. The smallest absolute Gasteiger partial charge is 0.303 e. The van der Waals surface area contributed by atoms with E-state index < -0.39 is 72.9 Å². The van der Waals surface area contributed by atoms with E-state index in [9.17, 15) is 24.0 Å². The van der Waals surface area contributed by atoms with E-state index in [0.717, 1.165) is 31.9 Å². The van der Waals surface area contributed by atoms with Gasteiger partial charge in [-0.15, -0.1) is 0 Å². The molecule has 0 bridgehead atoms. The number of benzene rings is 2. The second kappa shape index (κ2) is 18.1. The summed E-state index contributed by atoms with van der Waals surface area (Å²) in [5.74, 6) is -2.81. The van der Waals surface area contributed by atoms with Gasteiger partial charge in [-0.1, -0.05) is 60.7 Å². The minimum absolute atomic E-state index is 0.0182. The zero-order valence-corrected chi connectivity index (χ0v) is 26.4. The molecule has 0 unspecified atom stereocenters. The fraction of sp³-hybridized carbons (Fsp3) is 0.485. The zero-order chi connectivity index (χ0) is 33.6. The van der Waals surface area contributed by atoms with Gasteiger partial charge >= 0.3 is 23.9 Å². The van der Waals surface area contributed by atoms with Crippen LogP contribution in [0.25, 0.3) is 0 Å². The Labute approximate surface area is 267 Å². The maximum atomic E-state index is 12.7. The Morgan fingerprint density at radius 2 is 1.22 bits per heavy atom. The monoisotopic (exact) mass is 644 g/mol. The van der Waals surface area contributed by atoms with Crippen LogP contribution in [0.5, 0.6) is 0 Å². The number of aldehydes is 1. The number of carbonyl (C=O) groups excluding carboxylic acids is 5. The van der Waals surface area contributed by atoms with Gasteiger partial charge in [-0.25, -0.2) is 0 Å². The van der Waals surface area contributed by atoms with Crippen LogP contribution < -0.4 is 0 Å².